The summed E-state index contributed by atoms with van der Waals surface area (Å²) in [7, 11) is 0. The quantitative estimate of drug-likeness (QED) is 0.845. The van der Waals surface area contributed by atoms with E-state index in [4.69, 9.17) is 5.73 Å². The maximum Gasteiger partial charge on any atom is 0.212 e. The normalized spacial score (nSPS) is 16.3. The van der Waals surface area contributed by atoms with Crippen molar-refractivity contribution >= 4 is 23.0 Å². The number of nitrogens with zero attached hydrogens (tertiary/aromatic N) is 5. The van der Waals surface area contributed by atoms with Gasteiger partial charge < -0.3 is 15.7 Å². The fourth-order valence-corrected chi connectivity index (χ4v) is 2.90. The SMILES string of the molecule is N#Cc1c(N2CCC(O)CC2)nn(-c2nccs2)c1N. The molecule has 1 saturated heterocycles. The topological polar surface area (TPSA) is 104 Å². The van der Waals surface area contributed by atoms with E-state index >= 15 is 0 Å². The number of thiazole rings is 1. The second-order valence-corrected chi connectivity index (χ2v) is 5.51. The molecule has 0 amide bonds. The lowest BCUT2D eigenvalue weighted by molar-refractivity contribution is 0.145. The smallest absolute Gasteiger partial charge is 0.212 e. The van der Waals surface area contributed by atoms with E-state index in [1.807, 2.05) is 10.3 Å². The van der Waals surface area contributed by atoms with Gasteiger partial charge in [0.1, 0.15) is 17.5 Å². The van der Waals surface area contributed by atoms with Crippen LogP contribution in [0.5, 0.6) is 0 Å². The lowest BCUT2D eigenvalue weighted by Gasteiger charge is -2.29. The number of hydrogen-bond acceptors (Lipinski definition) is 7. The molecule has 0 aliphatic carbocycles. The Morgan fingerprint density at radius 2 is 2.20 bits per heavy atom. The van der Waals surface area contributed by atoms with E-state index in [2.05, 4.69) is 16.2 Å². The molecule has 2 aromatic rings. The van der Waals surface area contributed by atoms with Crippen molar-refractivity contribution in [2.45, 2.75) is 18.9 Å². The van der Waals surface area contributed by atoms with Crippen molar-refractivity contribution in [1.29, 1.82) is 5.26 Å². The third-order valence-corrected chi connectivity index (χ3v) is 4.13. The minimum absolute atomic E-state index is 0.268. The lowest BCUT2D eigenvalue weighted by atomic mass is 10.1. The molecule has 1 aliphatic rings. The number of aliphatic hydroxyl groups is 1. The van der Waals surface area contributed by atoms with Crippen molar-refractivity contribution in [3.05, 3.63) is 17.1 Å². The second-order valence-electron chi connectivity index (χ2n) is 4.64. The van der Waals surface area contributed by atoms with Crippen molar-refractivity contribution in [2.24, 2.45) is 0 Å². The molecule has 0 spiro atoms. The molecule has 0 bridgehead atoms. The van der Waals surface area contributed by atoms with Crippen molar-refractivity contribution in [3.63, 3.8) is 0 Å². The fraction of sp³-hybridized carbons (Fsp3) is 0.417. The molecule has 0 radical (unpaired) electrons. The average Bonchev–Trinajstić information content (AvgIpc) is 3.07. The van der Waals surface area contributed by atoms with E-state index in [9.17, 15) is 10.4 Å². The second kappa shape index (κ2) is 5.11. The first kappa shape index (κ1) is 12.9. The van der Waals surface area contributed by atoms with Crippen LogP contribution >= 0.6 is 11.3 Å². The van der Waals surface area contributed by atoms with Gasteiger partial charge in [0.15, 0.2) is 5.82 Å². The first-order chi connectivity index (χ1) is 9.70. The standard InChI is InChI=1S/C12H14N6OS/c13-7-9-10(14)18(12-15-3-6-20-12)16-11(9)17-4-1-8(19)2-5-17/h3,6,8,19H,1-2,4-5,14H2. The number of rotatable bonds is 2. The van der Waals surface area contributed by atoms with Gasteiger partial charge in [-0.2, -0.15) is 9.94 Å². The molecule has 0 saturated carbocycles. The molecule has 3 N–H and O–H groups in total. The zero-order chi connectivity index (χ0) is 14.1. The summed E-state index contributed by atoms with van der Waals surface area (Å²) in [6.07, 6.45) is 2.75. The van der Waals surface area contributed by atoms with Gasteiger partial charge in [-0.05, 0) is 12.8 Å². The Kier molecular flexibility index (Phi) is 3.30. The minimum atomic E-state index is -0.268. The summed E-state index contributed by atoms with van der Waals surface area (Å²) in [5.41, 5.74) is 6.38. The van der Waals surface area contributed by atoms with Crippen LogP contribution in [0.1, 0.15) is 18.4 Å². The molecule has 0 aromatic carbocycles. The number of nitriles is 1. The van der Waals surface area contributed by atoms with Crippen molar-refractivity contribution in [2.75, 3.05) is 23.7 Å². The largest absolute Gasteiger partial charge is 0.393 e. The van der Waals surface area contributed by atoms with Gasteiger partial charge in [-0.3, -0.25) is 0 Å². The zero-order valence-corrected chi connectivity index (χ0v) is 11.5. The highest BCUT2D eigenvalue weighted by molar-refractivity contribution is 7.12. The first-order valence-corrected chi connectivity index (χ1v) is 7.20. The number of nitrogens with two attached hydrogens (primary N) is 1. The number of hydrogen-bond donors (Lipinski definition) is 2. The Morgan fingerprint density at radius 1 is 1.45 bits per heavy atom. The summed E-state index contributed by atoms with van der Waals surface area (Å²) in [5.74, 6) is 0.885. The molecular weight excluding hydrogens is 276 g/mol. The molecule has 20 heavy (non-hydrogen) atoms. The Labute approximate surface area is 119 Å². The van der Waals surface area contributed by atoms with Crippen LogP contribution in [0, 0.1) is 11.3 Å². The molecule has 0 unspecified atom stereocenters. The van der Waals surface area contributed by atoms with Crippen LogP contribution < -0.4 is 10.6 Å². The van der Waals surface area contributed by atoms with E-state index in [0.29, 0.717) is 48.3 Å². The van der Waals surface area contributed by atoms with Gasteiger partial charge in [0.2, 0.25) is 5.13 Å². The van der Waals surface area contributed by atoms with Crippen LogP contribution in [0.4, 0.5) is 11.6 Å². The zero-order valence-electron chi connectivity index (χ0n) is 10.7. The Hall–Kier alpha value is -2.11. The highest BCUT2D eigenvalue weighted by Crippen LogP contribution is 2.29. The number of piperidine rings is 1. The molecule has 7 nitrogen and oxygen atoms in total. The monoisotopic (exact) mass is 290 g/mol. The predicted octanol–water partition coefficient (Wildman–Crippen LogP) is 0.744. The van der Waals surface area contributed by atoms with Crippen molar-refractivity contribution < 1.29 is 5.11 Å². The summed E-state index contributed by atoms with van der Waals surface area (Å²) in [4.78, 5) is 6.16. The maximum absolute atomic E-state index is 9.56. The van der Waals surface area contributed by atoms with Crippen LogP contribution in [0.3, 0.4) is 0 Å². The Bertz CT molecular complexity index is 636. The van der Waals surface area contributed by atoms with Gasteiger partial charge >= 0.3 is 0 Å². The highest BCUT2D eigenvalue weighted by atomic mass is 32.1. The van der Waals surface area contributed by atoms with Crippen LogP contribution in [0.25, 0.3) is 5.13 Å². The fourth-order valence-electron chi connectivity index (χ4n) is 2.29. The number of aromatic nitrogens is 3. The van der Waals surface area contributed by atoms with Crippen LogP contribution in [-0.4, -0.2) is 39.1 Å². The van der Waals surface area contributed by atoms with Crippen LogP contribution in [0.2, 0.25) is 0 Å². The van der Waals surface area contributed by atoms with Crippen molar-refractivity contribution in [1.82, 2.24) is 14.8 Å². The average molecular weight is 290 g/mol. The summed E-state index contributed by atoms with van der Waals surface area (Å²) in [6, 6.07) is 2.12. The molecule has 1 fully saturated rings. The number of nitrogen functional groups attached to an aromatic ring is 1. The highest BCUT2D eigenvalue weighted by Gasteiger charge is 2.25. The van der Waals surface area contributed by atoms with E-state index in [1.165, 1.54) is 16.0 Å². The molecule has 1 aliphatic heterocycles. The molecular formula is C12H14N6OS. The van der Waals surface area contributed by atoms with Crippen molar-refractivity contribution in [3.8, 4) is 11.2 Å². The number of aliphatic hydroxyl groups excluding tert-OH is 1. The third kappa shape index (κ3) is 2.11. The van der Waals surface area contributed by atoms with E-state index < -0.39 is 0 Å². The summed E-state index contributed by atoms with van der Waals surface area (Å²) < 4.78 is 1.50. The van der Waals surface area contributed by atoms with Gasteiger partial charge in [0.25, 0.3) is 0 Å². The molecule has 2 aromatic heterocycles. The van der Waals surface area contributed by atoms with E-state index in [0.717, 1.165) is 0 Å². The molecule has 104 valence electrons. The number of anilines is 2. The maximum atomic E-state index is 9.56. The molecule has 0 atom stereocenters. The summed E-state index contributed by atoms with van der Waals surface area (Å²) in [6.45, 7) is 1.34. The molecule has 3 rings (SSSR count). The Morgan fingerprint density at radius 3 is 2.80 bits per heavy atom. The minimum Gasteiger partial charge on any atom is -0.393 e. The third-order valence-electron chi connectivity index (χ3n) is 3.38. The van der Waals surface area contributed by atoms with Crippen LogP contribution in [0.15, 0.2) is 11.6 Å². The predicted molar refractivity (Wildman–Crippen MR) is 75.8 cm³/mol. The Balaban J connectivity index is 1.99. The van der Waals surface area contributed by atoms with Gasteiger partial charge in [-0.15, -0.1) is 16.4 Å². The van der Waals surface area contributed by atoms with E-state index in [1.54, 1.807) is 6.20 Å². The van der Waals surface area contributed by atoms with E-state index in [-0.39, 0.29) is 6.10 Å². The van der Waals surface area contributed by atoms with Gasteiger partial charge in [0.05, 0.1) is 6.10 Å². The summed E-state index contributed by atoms with van der Waals surface area (Å²) in [5, 5.41) is 25.8. The lowest BCUT2D eigenvalue weighted by Crippen LogP contribution is -2.36. The van der Waals surface area contributed by atoms with Gasteiger partial charge in [-0.25, -0.2) is 4.98 Å². The first-order valence-electron chi connectivity index (χ1n) is 6.32. The summed E-state index contributed by atoms with van der Waals surface area (Å²) >= 11 is 1.41. The van der Waals surface area contributed by atoms with Crippen LogP contribution in [-0.2, 0) is 0 Å². The molecule has 3 heterocycles. The van der Waals surface area contributed by atoms with Gasteiger partial charge in [-0.1, -0.05) is 0 Å². The van der Waals surface area contributed by atoms with Gasteiger partial charge in [0, 0.05) is 24.7 Å². The molecule has 8 heteroatoms.